The molecule has 0 spiro atoms. The SMILES string of the molecule is CCCCOC(=O)C1CC(N(C)C)CN1. The topological polar surface area (TPSA) is 41.6 Å². The van der Waals surface area contributed by atoms with E-state index in [9.17, 15) is 4.79 Å². The van der Waals surface area contributed by atoms with Gasteiger partial charge < -0.3 is 15.0 Å². The van der Waals surface area contributed by atoms with Gasteiger partial charge in [0, 0.05) is 12.6 Å². The third kappa shape index (κ3) is 3.80. The number of nitrogens with zero attached hydrogens (tertiary/aromatic N) is 1. The number of carbonyl (C=O) groups excluding carboxylic acids is 1. The van der Waals surface area contributed by atoms with Crippen LogP contribution in [0.5, 0.6) is 0 Å². The minimum Gasteiger partial charge on any atom is -0.465 e. The van der Waals surface area contributed by atoms with E-state index in [-0.39, 0.29) is 12.0 Å². The smallest absolute Gasteiger partial charge is 0.323 e. The summed E-state index contributed by atoms with van der Waals surface area (Å²) in [7, 11) is 4.08. The van der Waals surface area contributed by atoms with Gasteiger partial charge in [-0.15, -0.1) is 0 Å². The molecule has 0 aromatic carbocycles. The highest BCUT2D eigenvalue weighted by Crippen LogP contribution is 2.12. The second-order valence-electron chi connectivity index (χ2n) is 4.34. The molecule has 4 nitrogen and oxygen atoms in total. The summed E-state index contributed by atoms with van der Waals surface area (Å²) in [6.45, 7) is 3.52. The quantitative estimate of drug-likeness (QED) is 0.538. The van der Waals surface area contributed by atoms with E-state index >= 15 is 0 Å². The van der Waals surface area contributed by atoms with Crippen LogP contribution in [-0.2, 0) is 9.53 Å². The normalized spacial score (nSPS) is 25.9. The molecule has 0 bridgehead atoms. The Hall–Kier alpha value is -0.610. The highest BCUT2D eigenvalue weighted by atomic mass is 16.5. The molecule has 2 unspecified atom stereocenters. The van der Waals surface area contributed by atoms with Crippen molar-refractivity contribution < 1.29 is 9.53 Å². The van der Waals surface area contributed by atoms with E-state index in [1.807, 2.05) is 14.1 Å². The highest BCUT2D eigenvalue weighted by Gasteiger charge is 2.31. The van der Waals surface area contributed by atoms with Gasteiger partial charge in [-0.2, -0.15) is 0 Å². The fourth-order valence-corrected chi connectivity index (χ4v) is 1.71. The molecule has 0 aromatic heterocycles. The molecule has 0 aliphatic carbocycles. The van der Waals surface area contributed by atoms with E-state index in [4.69, 9.17) is 4.74 Å². The number of ether oxygens (including phenoxy) is 1. The summed E-state index contributed by atoms with van der Waals surface area (Å²) in [5.74, 6) is -0.0900. The molecule has 0 radical (unpaired) electrons. The molecule has 1 aliphatic heterocycles. The summed E-state index contributed by atoms with van der Waals surface area (Å²) in [6.07, 6.45) is 2.87. The lowest BCUT2D eigenvalue weighted by Crippen LogP contribution is -2.32. The number of nitrogens with one attached hydrogen (secondary N) is 1. The van der Waals surface area contributed by atoms with Gasteiger partial charge in [0.25, 0.3) is 0 Å². The van der Waals surface area contributed by atoms with E-state index in [0.717, 1.165) is 25.8 Å². The first kappa shape index (κ1) is 12.5. The number of likely N-dealkylation sites (N-methyl/N-ethyl adjacent to an activating group) is 1. The second kappa shape index (κ2) is 6.08. The van der Waals surface area contributed by atoms with Gasteiger partial charge in [-0.05, 0) is 26.9 Å². The van der Waals surface area contributed by atoms with E-state index < -0.39 is 0 Å². The van der Waals surface area contributed by atoms with Crippen molar-refractivity contribution in [3.8, 4) is 0 Å². The molecular formula is C11H22N2O2. The van der Waals surface area contributed by atoms with Gasteiger partial charge in [0.05, 0.1) is 6.61 Å². The van der Waals surface area contributed by atoms with Crippen LogP contribution in [0.3, 0.4) is 0 Å². The van der Waals surface area contributed by atoms with Crippen LogP contribution in [0.25, 0.3) is 0 Å². The van der Waals surface area contributed by atoms with Gasteiger partial charge in [-0.25, -0.2) is 0 Å². The molecule has 1 rings (SSSR count). The van der Waals surface area contributed by atoms with Crippen LogP contribution in [0.4, 0.5) is 0 Å². The summed E-state index contributed by atoms with van der Waals surface area (Å²) in [5.41, 5.74) is 0. The summed E-state index contributed by atoms with van der Waals surface area (Å²) < 4.78 is 5.17. The molecule has 2 atom stereocenters. The van der Waals surface area contributed by atoms with Crippen molar-refractivity contribution >= 4 is 5.97 Å². The standard InChI is InChI=1S/C11H22N2O2/c1-4-5-6-15-11(14)10-7-9(8-12-10)13(2)3/h9-10,12H,4-8H2,1-3H3. The molecular weight excluding hydrogens is 192 g/mol. The summed E-state index contributed by atoms with van der Waals surface area (Å²) >= 11 is 0. The van der Waals surface area contributed by atoms with Crippen LogP contribution < -0.4 is 5.32 Å². The molecule has 1 fully saturated rings. The number of rotatable bonds is 5. The zero-order chi connectivity index (χ0) is 11.3. The van der Waals surface area contributed by atoms with E-state index in [0.29, 0.717) is 12.6 Å². The first-order chi connectivity index (χ1) is 7.15. The highest BCUT2D eigenvalue weighted by molar-refractivity contribution is 5.76. The minimum absolute atomic E-state index is 0.0900. The molecule has 1 heterocycles. The van der Waals surface area contributed by atoms with E-state index in [1.54, 1.807) is 0 Å². The summed E-state index contributed by atoms with van der Waals surface area (Å²) in [5, 5.41) is 3.20. The van der Waals surface area contributed by atoms with Crippen molar-refractivity contribution in [1.29, 1.82) is 0 Å². The van der Waals surface area contributed by atoms with Gasteiger partial charge in [-0.3, -0.25) is 4.79 Å². The third-order valence-corrected chi connectivity index (χ3v) is 2.86. The summed E-state index contributed by atoms with van der Waals surface area (Å²) in [4.78, 5) is 13.7. The predicted octanol–water partition coefficient (Wildman–Crippen LogP) is 0.622. The number of esters is 1. The largest absolute Gasteiger partial charge is 0.465 e. The fraction of sp³-hybridized carbons (Fsp3) is 0.909. The van der Waals surface area contributed by atoms with Crippen LogP contribution in [0.1, 0.15) is 26.2 Å². The van der Waals surface area contributed by atoms with Crippen LogP contribution in [0.2, 0.25) is 0 Å². The molecule has 0 saturated carbocycles. The van der Waals surface area contributed by atoms with Crippen LogP contribution in [-0.4, -0.2) is 50.2 Å². The zero-order valence-corrected chi connectivity index (χ0v) is 9.95. The lowest BCUT2D eigenvalue weighted by Gasteiger charge is -2.17. The lowest BCUT2D eigenvalue weighted by atomic mass is 10.1. The maximum atomic E-state index is 11.6. The number of unbranched alkanes of at least 4 members (excludes halogenated alkanes) is 1. The maximum absolute atomic E-state index is 11.6. The molecule has 15 heavy (non-hydrogen) atoms. The van der Waals surface area contributed by atoms with E-state index in [1.165, 1.54) is 0 Å². The van der Waals surface area contributed by atoms with Gasteiger partial charge in [0.1, 0.15) is 6.04 Å². The van der Waals surface area contributed by atoms with Gasteiger partial charge in [0.2, 0.25) is 0 Å². The predicted molar refractivity (Wildman–Crippen MR) is 59.7 cm³/mol. The summed E-state index contributed by atoms with van der Waals surface area (Å²) in [6, 6.07) is 0.350. The average molecular weight is 214 g/mol. The fourth-order valence-electron chi connectivity index (χ4n) is 1.71. The molecule has 4 heteroatoms. The Morgan fingerprint density at radius 3 is 2.80 bits per heavy atom. The van der Waals surface area contributed by atoms with Crippen molar-refractivity contribution in [2.24, 2.45) is 0 Å². The van der Waals surface area contributed by atoms with Gasteiger partial charge in [0.15, 0.2) is 0 Å². The molecule has 0 aromatic rings. The Balaban J connectivity index is 2.24. The van der Waals surface area contributed by atoms with Gasteiger partial charge >= 0.3 is 5.97 Å². The first-order valence-electron chi connectivity index (χ1n) is 5.71. The van der Waals surface area contributed by atoms with Crippen LogP contribution in [0, 0.1) is 0 Å². The molecule has 1 aliphatic rings. The van der Waals surface area contributed by atoms with Crippen molar-refractivity contribution in [2.75, 3.05) is 27.2 Å². The Bertz CT molecular complexity index is 207. The minimum atomic E-state index is -0.103. The average Bonchev–Trinajstić information content (AvgIpc) is 2.66. The van der Waals surface area contributed by atoms with Crippen molar-refractivity contribution in [3.63, 3.8) is 0 Å². The van der Waals surface area contributed by atoms with Crippen molar-refractivity contribution in [1.82, 2.24) is 10.2 Å². The van der Waals surface area contributed by atoms with Crippen molar-refractivity contribution in [2.45, 2.75) is 38.3 Å². The molecule has 0 amide bonds. The monoisotopic (exact) mass is 214 g/mol. The van der Waals surface area contributed by atoms with E-state index in [2.05, 4.69) is 17.1 Å². The lowest BCUT2D eigenvalue weighted by molar-refractivity contribution is -0.145. The Morgan fingerprint density at radius 1 is 1.53 bits per heavy atom. The number of hydrogen-bond acceptors (Lipinski definition) is 4. The van der Waals surface area contributed by atoms with Crippen LogP contribution in [0.15, 0.2) is 0 Å². The Kier molecular flexibility index (Phi) is 5.05. The van der Waals surface area contributed by atoms with Gasteiger partial charge in [-0.1, -0.05) is 13.3 Å². The molecule has 88 valence electrons. The van der Waals surface area contributed by atoms with Crippen molar-refractivity contribution in [3.05, 3.63) is 0 Å². The Labute approximate surface area is 92.0 Å². The molecule has 1 saturated heterocycles. The Morgan fingerprint density at radius 2 is 2.27 bits per heavy atom. The van der Waals surface area contributed by atoms with Crippen LogP contribution >= 0.6 is 0 Å². The second-order valence-corrected chi connectivity index (χ2v) is 4.34. The number of carbonyl (C=O) groups is 1. The first-order valence-corrected chi connectivity index (χ1v) is 5.71. The zero-order valence-electron chi connectivity index (χ0n) is 9.95. The molecule has 1 N–H and O–H groups in total. The third-order valence-electron chi connectivity index (χ3n) is 2.86. The maximum Gasteiger partial charge on any atom is 0.323 e. The number of hydrogen-bond donors (Lipinski definition) is 1.